The molecule has 2 fully saturated rings. The Labute approximate surface area is 248 Å². The number of nitrogens with zero attached hydrogens (tertiary/aromatic N) is 6. The molecule has 1 aliphatic carbocycles. The molecular weight excluding hydrogens is 550 g/mol. The second-order valence-corrected chi connectivity index (χ2v) is 12.3. The number of likely N-dealkylation sites (tertiary alicyclic amines) is 1. The number of thiazole rings is 1. The highest BCUT2D eigenvalue weighted by atomic mass is 32.1. The van der Waals surface area contributed by atoms with Crippen LogP contribution in [0.3, 0.4) is 0 Å². The highest BCUT2D eigenvalue weighted by molar-refractivity contribution is 7.19. The Kier molecular flexibility index (Phi) is 6.99. The highest BCUT2D eigenvalue weighted by Gasteiger charge is 2.34. The molecule has 1 N–H and O–H groups in total. The molecule has 0 radical (unpaired) electrons. The molecule has 0 bridgehead atoms. The summed E-state index contributed by atoms with van der Waals surface area (Å²) in [4.78, 5) is 39.5. The Morgan fingerprint density at radius 2 is 1.93 bits per heavy atom. The number of hydrogen-bond donors (Lipinski definition) is 1. The highest BCUT2D eigenvalue weighted by Crippen LogP contribution is 2.47. The summed E-state index contributed by atoms with van der Waals surface area (Å²) < 4.78 is 8.04. The molecule has 7 rings (SSSR count). The number of ether oxygens (including phenoxy) is 1. The van der Waals surface area contributed by atoms with Gasteiger partial charge in [-0.05, 0) is 55.7 Å². The van der Waals surface area contributed by atoms with Gasteiger partial charge in [0, 0.05) is 62.7 Å². The first-order valence-electron chi connectivity index (χ1n) is 14.5. The fourth-order valence-corrected chi connectivity index (χ4v) is 7.44. The van der Waals surface area contributed by atoms with Crippen molar-refractivity contribution in [2.24, 2.45) is 0 Å². The molecule has 0 spiro atoms. The Balaban J connectivity index is 1.19. The Morgan fingerprint density at radius 1 is 1.12 bits per heavy atom. The lowest BCUT2D eigenvalue weighted by molar-refractivity contribution is -0.114. The van der Waals surface area contributed by atoms with Gasteiger partial charge in [0.2, 0.25) is 5.91 Å². The number of nitrogens with one attached hydrogen (secondary N) is 1. The number of rotatable bonds is 6. The molecule has 1 saturated carbocycles. The molecule has 5 heterocycles. The molecule has 2 aliphatic heterocycles. The van der Waals surface area contributed by atoms with E-state index in [0.717, 1.165) is 47.0 Å². The van der Waals surface area contributed by atoms with E-state index in [-0.39, 0.29) is 24.5 Å². The fourth-order valence-electron chi connectivity index (χ4n) is 6.40. The number of benzene rings is 1. The smallest absolute Gasteiger partial charge is 0.253 e. The summed E-state index contributed by atoms with van der Waals surface area (Å²) in [5, 5.41) is 8.27. The zero-order valence-corrected chi connectivity index (χ0v) is 24.6. The molecule has 3 aliphatic rings. The summed E-state index contributed by atoms with van der Waals surface area (Å²) in [7, 11) is 1.93. The van der Waals surface area contributed by atoms with Crippen molar-refractivity contribution in [1.82, 2.24) is 29.5 Å². The predicted octanol–water partition coefficient (Wildman–Crippen LogP) is 5.00. The third-order valence-electron chi connectivity index (χ3n) is 8.59. The van der Waals surface area contributed by atoms with Crippen LogP contribution in [0.2, 0.25) is 0 Å². The lowest BCUT2D eigenvalue weighted by Crippen LogP contribution is -2.40. The minimum atomic E-state index is -0.180. The second kappa shape index (κ2) is 11.0. The van der Waals surface area contributed by atoms with Crippen LogP contribution in [0, 0.1) is 0 Å². The number of anilines is 1. The van der Waals surface area contributed by atoms with E-state index in [1.807, 2.05) is 53.0 Å². The van der Waals surface area contributed by atoms with Gasteiger partial charge in [0.25, 0.3) is 5.91 Å². The molecule has 216 valence electrons. The first-order chi connectivity index (χ1) is 20.5. The molecule has 1 atom stereocenters. The number of aromatic nitrogens is 4. The van der Waals surface area contributed by atoms with E-state index in [4.69, 9.17) is 9.84 Å². The number of amides is 2. The number of fused-ring (bicyclic) bond motifs is 3. The monoisotopic (exact) mass is 583 g/mol. The van der Waals surface area contributed by atoms with Gasteiger partial charge in [-0.2, -0.15) is 5.10 Å². The number of pyridine rings is 1. The van der Waals surface area contributed by atoms with Gasteiger partial charge in [0.05, 0.1) is 10.6 Å². The molecule has 11 heteroatoms. The minimum absolute atomic E-state index is 0.0337. The summed E-state index contributed by atoms with van der Waals surface area (Å²) in [5.74, 6) is 0.494. The zero-order chi connectivity index (χ0) is 28.8. The van der Waals surface area contributed by atoms with Crippen LogP contribution in [0.1, 0.15) is 55.1 Å². The average Bonchev–Trinajstić information content (AvgIpc) is 3.81. The topological polar surface area (TPSA) is 105 Å². The molecule has 4 aromatic rings. The molecule has 42 heavy (non-hydrogen) atoms. The van der Waals surface area contributed by atoms with Gasteiger partial charge in [-0.25, -0.2) is 9.67 Å². The fraction of sp³-hybridized carbons (Fsp3) is 0.387. The van der Waals surface area contributed by atoms with Gasteiger partial charge in [-0.3, -0.25) is 19.5 Å². The molecule has 3 aromatic heterocycles. The van der Waals surface area contributed by atoms with Crippen molar-refractivity contribution in [1.29, 1.82) is 0 Å². The Hall–Kier alpha value is -4.09. The number of carbonyl (C=O) groups is 2. The van der Waals surface area contributed by atoms with E-state index in [2.05, 4.69) is 20.2 Å². The van der Waals surface area contributed by atoms with Crippen molar-refractivity contribution in [2.75, 3.05) is 25.5 Å². The quantitative estimate of drug-likeness (QED) is 0.341. The van der Waals surface area contributed by atoms with E-state index in [0.29, 0.717) is 28.2 Å². The van der Waals surface area contributed by atoms with Crippen molar-refractivity contribution < 1.29 is 14.3 Å². The third kappa shape index (κ3) is 4.86. The van der Waals surface area contributed by atoms with Gasteiger partial charge < -0.3 is 15.0 Å². The maximum absolute atomic E-state index is 13.5. The molecule has 0 unspecified atom stereocenters. The van der Waals surface area contributed by atoms with E-state index in [1.54, 1.807) is 12.4 Å². The van der Waals surface area contributed by atoms with Crippen LogP contribution in [0.4, 0.5) is 5.13 Å². The summed E-state index contributed by atoms with van der Waals surface area (Å²) in [6, 6.07) is 12.3. The van der Waals surface area contributed by atoms with Gasteiger partial charge >= 0.3 is 0 Å². The van der Waals surface area contributed by atoms with Crippen LogP contribution in [-0.4, -0.2) is 73.6 Å². The maximum Gasteiger partial charge on any atom is 0.253 e. The lowest BCUT2D eigenvalue weighted by atomic mass is 10.1. The van der Waals surface area contributed by atoms with Crippen molar-refractivity contribution >= 4 is 28.3 Å². The van der Waals surface area contributed by atoms with Crippen LogP contribution >= 0.6 is 11.3 Å². The number of carbonyl (C=O) groups excluding carboxylic acids is 2. The SMILES string of the molecule is CC(=O)Nc1nc2c(s1)-c1c(c(-c3cccnc3)nn1-c1ccc(C(=O)N(C)[C@@H]3CCN(C4CCCC4)C3)cc1)OC2. The second-order valence-electron chi connectivity index (χ2n) is 11.3. The molecular formula is C31H33N7O3S. The zero-order valence-electron chi connectivity index (χ0n) is 23.7. The first kappa shape index (κ1) is 26.8. The maximum atomic E-state index is 13.5. The van der Waals surface area contributed by atoms with Crippen molar-refractivity contribution in [3.05, 3.63) is 60.0 Å². The van der Waals surface area contributed by atoms with E-state index < -0.39 is 0 Å². The van der Waals surface area contributed by atoms with E-state index in [9.17, 15) is 9.59 Å². The van der Waals surface area contributed by atoms with E-state index in [1.165, 1.54) is 43.9 Å². The summed E-state index contributed by atoms with van der Waals surface area (Å²) in [6.07, 6.45) is 9.72. The van der Waals surface area contributed by atoms with Gasteiger partial charge in [0.15, 0.2) is 10.9 Å². The average molecular weight is 584 g/mol. The van der Waals surface area contributed by atoms with Gasteiger partial charge in [-0.15, -0.1) is 0 Å². The van der Waals surface area contributed by atoms with Crippen LogP contribution in [-0.2, 0) is 11.4 Å². The minimum Gasteiger partial charge on any atom is -0.483 e. The van der Waals surface area contributed by atoms with Crippen LogP contribution in [0.15, 0.2) is 48.8 Å². The first-order valence-corrected chi connectivity index (χ1v) is 15.3. The van der Waals surface area contributed by atoms with Gasteiger partial charge in [-0.1, -0.05) is 24.2 Å². The molecule has 10 nitrogen and oxygen atoms in total. The predicted molar refractivity (Wildman–Crippen MR) is 161 cm³/mol. The van der Waals surface area contributed by atoms with Crippen LogP contribution in [0.5, 0.6) is 5.75 Å². The summed E-state index contributed by atoms with van der Waals surface area (Å²) in [6.45, 7) is 3.77. The third-order valence-corrected chi connectivity index (χ3v) is 9.61. The largest absolute Gasteiger partial charge is 0.483 e. The lowest BCUT2D eigenvalue weighted by Gasteiger charge is -2.27. The van der Waals surface area contributed by atoms with E-state index >= 15 is 0 Å². The molecule has 2 amide bonds. The van der Waals surface area contributed by atoms with Crippen molar-refractivity contribution in [3.8, 4) is 33.3 Å². The van der Waals surface area contributed by atoms with Gasteiger partial charge in [0.1, 0.15) is 23.7 Å². The number of likely N-dealkylation sites (N-methyl/N-ethyl adjacent to an activating group) is 1. The Morgan fingerprint density at radius 3 is 2.67 bits per heavy atom. The number of hydrogen-bond acceptors (Lipinski definition) is 8. The summed E-state index contributed by atoms with van der Waals surface area (Å²) in [5.41, 5.74) is 4.45. The Bertz CT molecular complexity index is 1630. The summed E-state index contributed by atoms with van der Waals surface area (Å²) >= 11 is 1.39. The standard InChI is InChI=1S/C31H33N7O3S/c1-19(39)33-31-34-25-18-41-28-26(21-6-5-14-32-16-21)35-38(27(28)29(25)42-31)23-11-9-20(10-12-23)30(40)36(2)24-13-15-37(17-24)22-7-3-4-8-22/h5-6,9-12,14,16,22,24H,3-4,7-8,13,15,17-18H2,1-2H3,(H,33,34,39)/t24-/m1/s1. The molecule has 1 saturated heterocycles. The van der Waals surface area contributed by atoms with Crippen LogP contribution < -0.4 is 10.1 Å². The molecule has 1 aromatic carbocycles. The van der Waals surface area contributed by atoms with Crippen molar-refractivity contribution in [2.45, 2.75) is 57.7 Å². The normalized spacial score (nSPS) is 18.4. The van der Waals surface area contributed by atoms with Crippen molar-refractivity contribution in [3.63, 3.8) is 0 Å². The van der Waals surface area contributed by atoms with Crippen LogP contribution in [0.25, 0.3) is 27.5 Å².